The van der Waals surface area contributed by atoms with Gasteiger partial charge in [0.15, 0.2) is 9.84 Å². The van der Waals surface area contributed by atoms with Crippen LogP contribution in [0.25, 0.3) is 0 Å². The molecule has 0 radical (unpaired) electrons. The van der Waals surface area contributed by atoms with Gasteiger partial charge in [-0.15, -0.1) is 0 Å². The lowest BCUT2D eigenvalue weighted by Gasteiger charge is -2.06. The highest BCUT2D eigenvalue weighted by Gasteiger charge is 2.14. The quantitative estimate of drug-likeness (QED) is 0.723. The van der Waals surface area contributed by atoms with Crippen molar-refractivity contribution in [3.8, 4) is 0 Å². The van der Waals surface area contributed by atoms with Gasteiger partial charge in [0.2, 0.25) is 5.91 Å². The third kappa shape index (κ3) is 6.24. The second-order valence-corrected chi connectivity index (χ2v) is 6.62. The molecule has 0 aromatic heterocycles. The lowest BCUT2D eigenvalue weighted by molar-refractivity contribution is -0.118. The van der Waals surface area contributed by atoms with E-state index in [0.29, 0.717) is 25.1 Å². The van der Waals surface area contributed by atoms with Crippen LogP contribution in [0.3, 0.4) is 0 Å². The average molecular weight is 284 g/mol. The molecule has 19 heavy (non-hydrogen) atoms. The average Bonchev–Trinajstić information content (AvgIpc) is 2.30. The fourth-order valence-corrected chi connectivity index (χ4v) is 2.93. The van der Waals surface area contributed by atoms with Crippen molar-refractivity contribution in [2.24, 2.45) is 0 Å². The van der Waals surface area contributed by atoms with Gasteiger partial charge in [-0.2, -0.15) is 0 Å². The highest BCUT2D eigenvalue weighted by Crippen LogP contribution is 2.05. The van der Waals surface area contributed by atoms with E-state index in [2.05, 4.69) is 5.32 Å². The van der Waals surface area contributed by atoms with E-state index in [0.717, 1.165) is 5.56 Å². The predicted octanol–water partition coefficient (Wildman–Crippen LogP) is 0.752. The van der Waals surface area contributed by atoms with E-state index < -0.39 is 21.5 Å². The molecule has 0 spiro atoms. The number of hydrogen-bond acceptors (Lipinski definition) is 4. The van der Waals surface area contributed by atoms with E-state index in [1.54, 1.807) is 19.1 Å². The zero-order valence-corrected chi connectivity index (χ0v) is 11.9. The molecule has 1 amide bonds. The summed E-state index contributed by atoms with van der Waals surface area (Å²) in [6, 6.07) is 7.36. The minimum atomic E-state index is -3.26. The van der Waals surface area contributed by atoms with Gasteiger partial charge in [-0.3, -0.25) is 4.79 Å². The third-order valence-corrected chi connectivity index (χ3v) is 4.31. The number of carbonyl (C=O) groups excluding carboxylic acids is 1. The number of nitrogens with one attached hydrogen (secondary N) is 1. The Balaban J connectivity index is 2.33. The Morgan fingerprint density at radius 3 is 2.47 bits per heavy atom. The van der Waals surface area contributed by atoms with Gasteiger partial charge in [-0.25, -0.2) is 8.42 Å². The van der Waals surface area contributed by atoms with Gasteiger partial charge in [0, 0.05) is 12.2 Å². The van der Waals surface area contributed by atoms with Crippen LogP contribution in [-0.2, 0) is 21.1 Å². The topological polar surface area (TPSA) is 89.3 Å². The van der Waals surface area contributed by atoms with Gasteiger partial charge in [-0.1, -0.05) is 19.1 Å². The number of rotatable bonds is 7. The summed E-state index contributed by atoms with van der Waals surface area (Å²) in [5, 5.41) is 2.61. The number of nitrogens with two attached hydrogens (primary N) is 1. The van der Waals surface area contributed by atoms with Crippen LogP contribution in [0.1, 0.15) is 18.9 Å². The summed E-state index contributed by atoms with van der Waals surface area (Å²) in [7, 11) is -3.26. The fourth-order valence-electron chi connectivity index (χ4n) is 1.66. The molecule has 0 atom stereocenters. The van der Waals surface area contributed by atoms with Crippen LogP contribution in [0, 0.1) is 0 Å². The monoisotopic (exact) mass is 284 g/mol. The van der Waals surface area contributed by atoms with Crippen LogP contribution in [0.4, 0.5) is 5.69 Å². The zero-order valence-electron chi connectivity index (χ0n) is 11.1. The third-order valence-electron chi connectivity index (χ3n) is 2.58. The first-order valence-corrected chi connectivity index (χ1v) is 8.06. The minimum Gasteiger partial charge on any atom is -0.399 e. The molecule has 6 heteroatoms. The normalized spacial score (nSPS) is 11.2. The van der Waals surface area contributed by atoms with Crippen LogP contribution in [-0.4, -0.2) is 32.4 Å². The molecule has 106 valence electrons. The predicted molar refractivity (Wildman–Crippen MR) is 76.5 cm³/mol. The Labute approximate surface area is 114 Å². The van der Waals surface area contributed by atoms with Crippen molar-refractivity contribution in [3.05, 3.63) is 29.8 Å². The Bertz CT molecular complexity index is 509. The molecule has 0 aliphatic heterocycles. The number of anilines is 1. The van der Waals surface area contributed by atoms with Gasteiger partial charge >= 0.3 is 0 Å². The highest BCUT2D eigenvalue weighted by molar-refractivity contribution is 7.92. The van der Waals surface area contributed by atoms with Crippen LogP contribution in [0.2, 0.25) is 0 Å². The Morgan fingerprint density at radius 2 is 1.89 bits per heavy atom. The van der Waals surface area contributed by atoms with Crippen molar-refractivity contribution >= 4 is 21.4 Å². The molecule has 0 aliphatic carbocycles. The van der Waals surface area contributed by atoms with Gasteiger partial charge in [0.05, 0.1) is 5.75 Å². The summed E-state index contributed by atoms with van der Waals surface area (Å²) in [5.41, 5.74) is 7.31. The summed E-state index contributed by atoms with van der Waals surface area (Å²) < 4.78 is 22.9. The molecule has 0 unspecified atom stereocenters. The minimum absolute atomic E-state index is 0.0540. The maximum atomic E-state index is 11.5. The molecule has 0 saturated carbocycles. The van der Waals surface area contributed by atoms with Gasteiger partial charge < -0.3 is 11.1 Å². The first-order chi connectivity index (χ1) is 8.93. The molecule has 1 aromatic carbocycles. The molecule has 0 bridgehead atoms. The molecule has 0 fully saturated rings. The second kappa shape index (κ2) is 7.13. The summed E-state index contributed by atoms with van der Waals surface area (Å²) in [5.74, 6) is -0.815. The molecule has 0 heterocycles. The van der Waals surface area contributed by atoms with Crippen molar-refractivity contribution < 1.29 is 13.2 Å². The standard InChI is InChI=1S/C13H20N2O3S/c1-2-9-19(17,18)10-13(16)15-8-7-11-3-5-12(14)6-4-11/h3-6H,2,7-10,14H2,1H3,(H,15,16). The van der Waals surface area contributed by atoms with Crippen molar-refractivity contribution in [2.45, 2.75) is 19.8 Å². The lowest BCUT2D eigenvalue weighted by atomic mass is 10.1. The lowest BCUT2D eigenvalue weighted by Crippen LogP contribution is -2.32. The van der Waals surface area contributed by atoms with E-state index in [1.807, 2.05) is 12.1 Å². The van der Waals surface area contributed by atoms with E-state index in [1.165, 1.54) is 0 Å². The summed E-state index contributed by atoms with van der Waals surface area (Å²) in [6.07, 6.45) is 1.18. The molecule has 0 saturated heterocycles. The zero-order chi connectivity index (χ0) is 14.3. The summed E-state index contributed by atoms with van der Waals surface area (Å²) >= 11 is 0. The summed E-state index contributed by atoms with van der Waals surface area (Å²) in [4.78, 5) is 11.5. The van der Waals surface area contributed by atoms with Gasteiger partial charge in [0.25, 0.3) is 0 Å². The molecule has 3 N–H and O–H groups in total. The van der Waals surface area contributed by atoms with E-state index in [4.69, 9.17) is 5.73 Å². The van der Waals surface area contributed by atoms with Crippen LogP contribution < -0.4 is 11.1 Å². The van der Waals surface area contributed by atoms with E-state index >= 15 is 0 Å². The second-order valence-electron chi connectivity index (χ2n) is 4.43. The highest BCUT2D eigenvalue weighted by atomic mass is 32.2. The first kappa shape index (κ1) is 15.5. The van der Waals surface area contributed by atoms with Crippen molar-refractivity contribution in [1.82, 2.24) is 5.32 Å². The fraction of sp³-hybridized carbons (Fsp3) is 0.462. The number of hydrogen-bond donors (Lipinski definition) is 2. The Morgan fingerprint density at radius 1 is 1.26 bits per heavy atom. The van der Waals surface area contributed by atoms with Crippen LogP contribution in [0.15, 0.2) is 24.3 Å². The molecular formula is C13H20N2O3S. The Hall–Kier alpha value is -1.56. The maximum absolute atomic E-state index is 11.5. The van der Waals surface area contributed by atoms with E-state index in [9.17, 15) is 13.2 Å². The molecule has 1 rings (SSSR count). The molecule has 1 aromatic rings. The number of nitrogen functional groups attached to an aromatic ring is 1. The number of sulfone groups is 1. The summed E-state index contributed by atoms with van der Waals surface area (Å²) in [6.45, 7) is 2.20. The van der Waals surface area contributed by atoms with E-state index in [-0.39, 0.29) is 5.75 Å². The van der Waals surface area contributed by atoms with Crippen molar-refractivity contribution in [3.63, 3.8) is 0 Å². The van der Waals surface area contributed by atoms with Gasteiger partial charge in [-0.05, 0) is 30.5 Å². The van der Waals surface area contributed by atoms with Crippen molar-refractivity contribution in [1.29, 1.82) is 0 Å². The SMILES string of the molecule is CCCS(=O)(=O)CC(=O)NCCc1ccc(N)cc1. The van der Waals surface area contributed by atoms with Crippen LogP contribution in [0.5, 0.6) is 0 Å². The van der Waals surface area contributed by atoms with Crippen LogP contribution >= 0.6 is 0 Å². The first-order valence-electron chi connectivity index (χ1n) is 6.24. The van der Waals surface area contributed by atoms with Gasteiger partial charge in [0.1, 0.15) is 5.75 Å². The number of amides is 1. The van der Waals surface area contributed by atoms with Crippen molar-refractivity contribution in [2.75, 3.05) is 23.8 Å². The molecular weight excluding hydrogens is 264 g/mol. The smallest absolute Gasteiger partial charge is 0.235 e. The number of carbonyl (C=O) groups is 1. The molecule has 5 nitrogen and oxygen atoms in total. The Kier molecular flexibility index (Phi) is 5.82. The maximum Gasteiger partial charge on any atom is 0.235 e. The number of benzene rings is 1. The largest absolute Gasteiger partial charge is 0.399 e. The molecule has 0 aliphatic rings.